The van der Waals surface area contributed by atoms with Gasteiger partial charge in [-0.1, -0.05) is 0 Å². The Balaban J connectivity index is 1.99. The summed E-state index contributed by atoms with van der Waals surface area (Å²) in [5, 5.41) is 4.50. The average molecular weight is 385 g/mol. The van der Waals surface area contributed by atoms with Gasteiger partial charge in [-0.3, -0.25) is 0 Å². The third-order valence-corrected chi connectivity index (χ3v) is 4.97. The van der Waals surface area contributed by atoms with Gasteiger partial charge in [-0.2, -0.15) is 0 Å². The monoisotopic (exact) mass is 386 g/mol. The fourth-order valence-electron chi connectivity index (χ4n) is 2.07. The van der Waals surface area contributed by atoms with E-state index in [9.17, 15) is 0 Å². The van der Waals surface area contributed by atoms with E-state index in [1.807, 2.05) is 48.5 Å². The van der Waals surface area contributed by atoms with Gasteiger partial charge in [-0.15, -0.1) is 0 Å². The zero-order valence-electron chi connectivity index (χ0n) is 12.1. The molecule has 0 spiro atoms. The number of hydrogen-bond acceptors (Lipinski definition) is 3. The van der Waals surface area contributed by atoms with E-state index in [1.54, 1.807) is 0 Å². The summed E-state index contributed by atoms with van der Waals surface area (Å²) >= 11 is 4.96. The van der Waals surface area contributed by atoms with Crippen LogP contribution in [0.3, 0.4) is 0 Å². The van der Waals surface area contributed by atoms with Crippen LogP contribution in [0.4, 0.5) is 0 Å². The molecule has 0 bridgehead atoms. The van der Waals surface area contributed by atoms with E-state index in [2.05, 4.69) is 27.6 Å². The summed E-state index contributed by atoms with van der Waals surface area (Å²) < 4.78 is 0.950. The minimum atomic E-state index is 0.109. The normalized spacial score (nSPS) is 11.2. The van der Waals surface area contributed by atoms with Crippen LogP contribution >= 0.6 is 12.2 Å². The van der Waals surface area contributed by atoms with Crippen molar-refractivity contribution in [2.45, 2.75) is 0 Å². The molecule has 1 aromatic heterocycles. The van der Waals surface area contributed by atoms with Gasteiger partial charge in [-0.05, 0) is 0 Å². The summed E-state index contributed by atoms with van der Waals surface area (Å²) in [6, 6.07) is 20.0. The van der Waals surface area contributed by atoms with Crippen LogP contribution in [0.5, 0.6) is 0 Å². The van der Waals surface area contributed by atoms with Crippen molar-refractivity contribution in [2.75, 3.05) is 0 Å². The average Bonchev–Trinajstić information content (AvgIpc) is 3.06. The Bertz CT molecular complexity index is 828. The summed E-state index contributed by atoms with van der Waals surface area (Å²) in [5.74, 6) is 0. The molecule has 3 aromatic rings. The maximum atomic E-state index is 5.50. The molecule has 0 aliphatic heterocycles. The van der Waals surface area contributed by atoms with E-state index >= 15 is 0 Å². The summed E-state index contributed by atoms with van der Waals surface area (Å²) in [6.07, 6.45) is 0. The second kappa shape index (κ2) is 7.33. The van der Waals surface area contributed by atoms with Gasteiger partial charge in [0, 0.05) is 0 Å². The molecule has 6 heteroatoms. The Morgan fingerprint density at radius 2 is 1.70 bits per heavy atom. The fourth-order valence-corrected chi connectivity index (χ4v) is 3.87. The molecule has 0 saturated carbocycles. The van der Waals surface area contributed by atoms with E-state index in [0.29, 0.717) is 0 Å². The van der Waals surface area contributed by atoms with Crippen molar-refractivity contribution in [2.24, 2.45) is 10.8 Å². The van der Waals surface area contributed by atoms with Crippen LogP contribution in [0.25, 0.3) is 11.3 Å². The number of benzene rings is 2. The van der Waals surface area contributed by atoms with Crippen molar-refractivity contribution in [3.05, 3.63) is 75.7 Å². The molecule has 4 nitrogen and oxygen atoms in total. The zero-order chi connectivity index (χ0) is 16.1. The van der Waals surface area contributed by atoms with E-state index in [-0.39, 0.29) is 19.6 Å². The van der Waals surface area contributed by atoms with Crippen molar-refractivity contribution in [1.82, 2.24) is 10.4 Å². The summed E-state index contributed by atoms with van der Waals surface area (Å²) in [7, 11) is 0. The molecule has 3 N–H and O–H groups in total. The molecule has 0 aliphatic carbocycles. The van der Waals surface area contributed by atoms with Gasteiger partial charge in [0.15, 0.2) is 0 Å². The van der Waals surface area contributed by atoms with Crippen molar-refractivity contribution >= 4 is 37.5 Å². The topological polar surface area (TPSA) is 63.3 Å². The number of thiocarbonyl (C=S) groups is 1. The summed E-state index contributed by atoms with van der Waals surface area (Å²) in [4.78, 5) is 6.93. The standard InChI is InChI=1S/C17H14N4SSe/c18-17(22)21-20-15(13-9-5-2-6-10-13)16-19-14(11-23-16)12-7-3-1-4-8-12/h1-11H,(H3,18,21,22)/b20-15+. The Morgan fingerprint density at radius 1 is 1.04 bits per heavy atom. The summed E-state index contributed by atoms with van der Waals surface area (Å²) in [6.45, 7) is 0. The molecule has 0 unspecified atom stereocenters. The molecule has 0 radical (unpaired) electrons. The van der Waals surface area contributed by atoms with Crippen LogP contribution in [0.2, 0.25) is 0 Å². The second-order valence-corrected chi connectivity index (χ2v) is 6.95. The van der Waals surface area contributed by atoms with Crippen molar-refractivity contribution in [3.63, 3.8) is 0 Å². The molecule has 3 rings (SSSR count). The first kappa shape index (κ1) is 15.6. The van der Waals surface area contributed by atoms with E-state index in [0.717, 1.165) is 27.1 Å². The van der Waals surface area contributed by atoms with Crippen LogP contribution in [0.15, 0.2) is 70.7 Å². The number of aromatic nitrogens is 1. The van der Waals surface area contributed by atoms with Crippen LogP contribution in [-0.2, 0) is 0 Å². The van der Waals surface area contributed by atoms with E-state index in [4.69, 9.17) is 22.9 Å². The van der Waals surface area contributed by atoms with Gasteiger partial charge in [-0.25, -0.2) is 0 Å². The Labute approximate surface area is 145 Å². The molecule has 114 valence electrons. The quantitative estimate of drug-likeness (QED) is 0.313. The molecule has 0 amide bonds. The Kier molecular flexibility index (Phi) is 4.98. The number of nitrogens with one attached hydrogen (secondary N) is 1. The predicted octanol–water partition coefficient (Wildman–Crippen LogP) is 2.39. The van der Waals surface area contributed by atoms with Crippen LogP contribution in [0.1, 0.15) is 10.1 Å². The first-order valence-electron chi connectivity index (χ1n) is 6.94. The molecule has 0 saturated heterocycles. The van der Waals surface area contributed by atoms with Gasteiger partial charge >= 0.3 is 146 Å². The molecule has 0 atom stereocenters. The summed E-state index contributed by atoms with van der Waals surface area (Å²) in [5.41, 5.74) is 12.0. The van der Waals surface area contributed by atoms with Crippen molar-refractivity contribution < 1.29 is 0 Å². The van der Waals surface area contributed by atoms with Gasteiger partial charge in [0.2, 0.25) is 0 Å². The van der Waals surface area contributed by atoms with Crippen molar-refractivity contribution in [3.8, 4) is 11.3 Å². The fraction of sp³-hybridized carbons (Fsp3) is 0. The number of nitrogens with zero attached hydrogens (tertiary/aromatic N) is 2. The van der Waals surface area contributed by atoms with Gasteiger partial charge in [0.1, 0.15) is 0 Å². The Hall–Kier alpha value is -2.27. The SMILES string of the molecule is NC(=S)N/N=C(\c1ccccc1)c1nc(-c2ccccc2)c[se]1. The number of nitrogens with two attached hydrogens (primary N) is 1. The van der Waals surface area contributed by atoms with Crippen LogP contribution in [-0.4, -0.2) is 30.3 Å². The zero-order valence-corrected chi connectivity index (χ0v) is 14.7. The number of hydrazone groups is 1. The molecule has 1 heterocycles. The van der Waals surface area contributed by atoms with E-state index < -0.39 is 0 Å². The molecule has 23 heavy (non-hydrogen) atoms. The predicted molar refractivity (Wildman–Crippen MR) is 98.6 cm³/mol. The molecular weight excluding hydrogens is 371 g/mol. The third-order valence-electron chi connectivity index (χ3n) is 3.10. The van der Waals surface area contributed by atoms with Gasteiger partial charge in [0.05, 0.1) is 0 Å². The van der Waals surface area contributed by atoms with Crippen LogP contribution < -0.4 is 11.2 Å². The molecular formula is C17H14N4SSe. The van der Waals surface area contributed by atoms with Crippen LogP contribution in [0, 0.1) is 0 Å². The van der Waals surface area contributed by atoms with Crippen molar-refractivity contribution in [1.29, 1.82) is 0 Å². The van der Waals surface area contributed by atoms with Gasteiger partial charge < -0.3 is 0 Å². The third kappa shape index (κ3) is 3.93. The molecule has 0 aliphatic rings. The van der Waals surface area contributed by atoms with E-state index in [1.165, 1.54) is 0 Å². The molecule has 0 fully saturated rings. The minimum absolute atomic E-state index is 0.109. The first-order valence-corrected chi connectivity index (χ1v) is 9.19. The number of hydrogen-bond donors (Lipinski definition) is 2. The molecule has 2 aromatic carbocycles. The number of rotatable bonds is 4. The maximum absolute atomic E-state index is 5.50. The Morgan fingerprint density at radius 3 is 2.35 bits per heavy atom. The van der Waals surface area contributed by atoms with Gasteiger partial charge in [0.25, 0.3) is 0 Å². The first-order chi connectivity index (χ1) is 11.2. The second-order valence-electron chi connectivity index (χ2n) is 4.71.